The van der Waals surface area contributed by atoms with Gasteiger partial charge in [-0.3, -0.25) is 4.90 Å². The Labute approximate surface area is 202 Å². The molecule has 2 aromatic carbocycles. The van der Waals surface area contributed by atoms with Crippen molar-refractivity contribution in [2.75, 3.05) is 26.9 Å². The fourth-order valence-electron chi connectivity index (χ4n) is 3.70. The molecular weight excluding hydrogens is 430 g/mol. The molecule has 1 heterocycles. The summed E-state index contributed by atoms with van der Waals surface area (Å²) in [6.45, 7) is 9.54. The van der Waals surface area contributed by atoms with Crippen LogP contribution in [-0.4, -0.2) is 58.8 Å². The molecule has 7 heteroatoms. The molecule has 0 aliphatic carbocycles. The number of methoxy groups -OCH3 is 1. The van der Waals surface area contributed by atoms with E-state index in [1.807, 2.05) is 61.6 Å². The van der Waals surface area contributed by atoms with Gasteiger partial charge in [-0.15, -0.1) is 6.58 Å². The molecule has 3 aromatic rings. The normalized spacial score (nSPS) is 12.2. The molecule has 1 atom stereocenters. The highest BCUT2D eigenvalue weighted by Crippen LogP contribution is 2.35. The van der Waals surface area contributed by atoms with E-state index in [1.54, 1.807) is 17.9 Å². The van der Waals surface area contributed by atoms with Crippen LogP contribution in [-0.2, 0) is 18.3 Å². The zero-order chi connectivity index (χ0) is 24.5. The average Bonchev–Trinajstić information content (AvgIpc) is 3.14. The van der Waals surface area contributed by atoms with Gasteiger partial charge < -0.3 is 19.3 Å². The largest absolute Gasteiger partial charge is 0.497 e. The van der Waals surface area contributed by atoms with E-state index in [1.165, 1.54) is 0 Å². The highest BCUT2D eigenvalue weighted by Gasteiger charge is 2.24. The first-order valence-electron chi connectivity index (χ1n) is 11.5. The summed E-state index contributed by atoms with van der Waals surface area (Å²) < 4.78 is 18.9. The van der Waals surface area contributed by atoms with Gasteiger partial charge >= 0.3 is 0 Å². The van der Waals surface area contributed by atoms with Gasteiger partial charge in [0, 0.05) is 37.8 Å². The summed E-state index contributed by atoms with van der Waals surface area (Å²) in [5.74, 6) is 2.03. The lowest BCUT2D eigenvalue weighted by atomic mass is 10.1. The lowest BCUT2D eigenvalue weighted by Crippen LogP contribution is -2.39. The lowest BCUT2D eigenvalue weighted by molar-refractivity contribution is 0.0177. The summed E-state index contributed by atoms with van der Waals surface area (Å²) in [7, 11) is 3.51. The predicted octanol–water partition coefficient (Wildman–Crippen LogP) is 4.66. The fourth-order valence-corrected chi connectivity index (χ4v) is 3.70. The molecule has 0 saturated carbocycles. The van der Waals surface area contributed by atoms with Crippen molar-refractivity contribution in [2.24, 2.45) is 7.05 Å². The van der Waals surface area contributed by atoms with Crippen LogP contribution in [0.1, 0.15) is 19.4 Å². The molecule has 0 amide bonds. The van der Waals surface area contributed by atoms with Crippen LogP contribution in [0.2, 0.25) is 0 Å². The molecule has 3 rings (SSSR count). The van der Waals surface area contributed by atoms with E-state index >= 15 is 0 Å². The number of hydrogen-bond acceptors (Lipinski definition) is 6. The topological polar surface area (TPSA) is 69.0 Å². The third kappa shape index (κ3) is 6.70. The zero-order valence-corrected chi connectivity index (χ0v) is 20.5. The minimum atomic E-state index is -0.623. The smallest absolute Gasteiger partial charge is 0.222 e. The number of aryl methyl sites for hydroxylation is 1. The Kier molecular flexibility index (Phi) is 9.27. The molecule has 182 valence electrons. The molecule has 1 N–H and O–H groups in total. The molecular formula is C27H35N3O4. The summed E-state index contributed by atoms with van der Waals surface area (Å²) in [5.41, 5.74) is 2.81. The van der Waals surface area contributed by atoms with Crippen LogP contribution in [0.15, 0.2) is 67.3 Å². The molecule has 0 unspecified atom stereocenters. The van der Waals surface area contributed by atoms with Crippen LogP contribution in [0.5, 0.6) is 17.4 Å². The molecule has 34 heavy (non-hydrogen) atoms. The van der Waals surface area contributed by atoms with Crippen molar-refractivity contribution in [2.45, 2.75) is 32.5 Å². The van der Waals surface area contributed by atoms with Crippen LogP contribution in [0.4, 0.5) is 0 Å². The van der Waals surface area contributed by atoms with Gasteiger partial charge in [0.15, 0.2) is 0 Å². The van der Waals surface area contributed by atoms with E-state index in [-0.39, 0.29) is 12.6 Å². The Morgan fingerprint density at radius 3 is 2.53 bits per heavy atom. The maximum absolute atomic E-state index is 10.6. The third-order valence-corrected chi connectivity index (χ3v) is 5.47. The second kappa shape index (κ2) is 12.4. The quantitative estimate of drug-likeness (QED) is 0.292. The van der Waals surface area contributed by atoms with Crippen molar-refractivity contribution in [1.29, 1.82) is 0 Å². The van der Waals surface area contributed by atoms with Crippen molar-refractivity contribution in [1.82, 2.24) is 14.7 Å². The molecule has 0 bridgehead atoms. The Hall–Kier alpha value is -3.13. The number of aliphatic hydroxyl groups excluding tert-OH is 1. The molecule has 0 spiro atoms. The van der Waals surface area contributed by atoms with E-state index in [4.69, 9.17) is 19.3 Å². The van der Waals surface area contributed by atoms with Gasteiger partial charge in [-0.25, -0.2) is 4.68 Å². The van der Waals surface area contributed by atoms with Crippen molar-refractivity contribution in [3.63, 3.8) is 0 Å². The number of aliphatic hydroxyl groups is 1. The highest BCUT2D eigenvalue weighted by atomic mass is 16.5. The number of benzene rings is 2. The fraction of sp³-hybridized carbons (Fsp3) is 0.370. The van der Waals surface area contributed by atoms with Crippen LogP contribution in [0.25, 0.3) is 11.3 Å². The van der Waals surface area contributed by atoms with E-state index in [9.17, 15) is 5.11 Å². The van der Waals surface area contributed by atoms with Crippen molar-refractivity contribution in [3.05, 3.63) is 72.8 Å². The minimum absolute atomic E-state index is 0.183. The predicted molar refractivity (Wildman–Crippen MR) is 134 cm³/mol. The van der Waals surface area contributed by atoms with Gasteiger partial charge in [0.05, 0.1) is 32.0 Å². The Morgan fingerprint density at radius 2 is 1.85 bits per heavy atom. The maximum atomic E-state index is 10.6. The van der Waals surface area contributed by atoms with Crippen molar-refractivity contribution < 1.29 is 19.3 Å². The zero-order valence-electron chi connectivity index (χ0n) is 20.5. The van der Waals surface area contributed by atoms with Crippen LogP contribution >= 0.6 is 0 Å². The van der Waals surface area contributed by atoms with Crippen LogP contribution in [0, 0.1) is 0 Å². The second-order valence-electron chi connectivity index (χ2n) is 8.41. The molecule has 1 aromatic heterocycles. The third-order valence-electron chi connectivity index (χ3n) is 5.47. The first kappa shape index (κ1) is 25.5. The summed E-state index contributed by atoms with van der Waals surface area (Å²) in [5, 5.41) is 15.4. The summed E-state index contributed by atoms with van der Waals surface area (Å²) in [6.07, 6.45) is 1.05. The van der Waals surface area contributed by atoms with E-state index in [2.05, 4.69) is 25.3 Å². The van der Waals surface area contributed by atoms with Gasteiger partial charge in [-0.1, -0.05) is 42.5 Å². The van der Waals surface area contributed by atoms with E-state index < -0.39 is 6.10 Å². The summed E-state index contributed by atoms with van der Waals surface area (Å²) >= 11 is 0. The molecule has 0 fully saturated rings. The first-order valence-corrected chi connectivity index (χ1v) is 11.5. The van der Waals surface area contributed by atoms with E-state index in [0.29, 0.717) is 31.3 Å². The second-order valence-corrected chi connectivity index (χ2v) is 8.41. The SMILES string of the molecule is C=CCOC[C@@H](O)CN(Cc1c(-c2ccccc2)nn(C)c1Oc1cccc(OC)c1)C(C)C. The maximum Gasteiger partial charge on any atom is 0.222 e. The number of aromatic nitrogens is 2. The number of hydrogen-bond donors (Lipinski definition) is 1. The Bertz CT molecular complexity index is 1050. The summed E-state index contributed by atoms with van der Waals surface area (Å²) in [6, 6.07) is 17.8. The standard InChI is InChI=1S/C27H35N3O4/c1-6-15-33-19-22(31)17-30(20(2)3)18-25-26(21-11-8-7-9-12-21)28-29(4)27(25)34-24-14-10-13-23(16-24)32-5/h6-14,16,20,22,31H,1,15,17-19H2,2-5H3/t22-/m0/s1. The lowest BCUT2D eigenvalue weighted by Gasteiger charge is -2.29. The Balaban J connectivity index is 1.95. The van der Waals surface area contributed by atoms with Gasteiger partial charge in [-0.2, -0.15) is 5.10 Å². The number of rotatable bonds is 13. The highest BCUT2D eigenvalue weighted by molar-refractivity contribution is 5.65. The number of nitrogens with zero attached hydrogens (tertiary/aromatic N) is 3. The molecule has 0 radical (unpaired) electrons. The molecule has 7 nitrogen and oxygen atoms in total. The average molecular weight is 466 g/mol. The van der Waals surface area contributed by atoms with Crippen molar-refractivity contribution >= 4 is 0 Å². The molecule has 0 aliphatic rings. The molecule has 0 saturated heterocycles. The van der Waals surface area contributed by atoms with Crippen LogP contribution < -0.4 is 9.47 Å². The van der Waals surface area contributed by atoms with Gasteiger partial charge in [-0.05, 0) is 26.0 Å². The summed E-state index contributed by atoms with van der Waals surface area (Å²) in [4.78, 5) is 2.20. The van der Waals surface area contributed by atoms with Gasteiger partial charge in [0.25, 0.3) is 0 Å². The van der Waals surface area contributed by atoms with Crippen molar-refractivity contribution in [3.8, 4) is 28.6 Å². The number of ether oxygens (including phenoxy) is 3. The van der Waals surface area contributed by atoms with Crippen LogP contribution in [0.3, 0.4) is 0 Å². The van der Waals surface area contributed by atoms with Gasteiger partial charge in [0.1, 0.15) is 17.2 Å². The first-order chi connectivity index (χ1) is 16.4. The van der Waals surface area contributed by atoms with E-state index in [0.717, 1.165) is 22.6 Å². The van der Waals surface area contributed by atoms with Gasteiger partial charge in [0.2, 0.25) is 5.88 Å². The Morgan fingerprint density at radius 1 is 1.12 bits per heavy atom. The minimum Gasteiger partial charge on any atom is -0.497 e. The molecule has 0 aliphatic heterocycles. The monoisotopic (exact) mass is 465 g/mol.